The average Bonchev–Trinajstić information content (AvgIpc) is 2.97. The summed E-state index contributed by atoms with van der Waals surface area (Å²) in [5.41, 5.74) is 1.17. The van der Waals surface area contributed by atoms with Crippen LogP contribution in [-0.2, 0) is 13.0 Å². The normalized spacial score (nSPS) is 13.4. The van der Waals surface area contributed by atoms with Crippen LogP contribution in [0, 0.1) is 0 Å². The number of fused-ring (bicyclic) bond motifs is 1. The Morgan fingerprint density at radius 3 is 3.05 bits per heavy atom. The molecule has 20 heavy (non-hydrogen) atoms. The minimum absolute atomic E-state index is 0.604. The Hall–Kier alpha value is -1.53. The summed E-state index contributed by atoms with van der Waals surface area (Å²) in [5, 5.41) is 3.40. The summed E-state index contributed by atoms with van der Waals surface area (Å²) in [4.78, 5) is 7.28. The fourth-order valence-electron chi connectivity index (χ4n) is 2.14. The molecular formula is C14H16BrN3O2. The zero-order chi connectivity index (χ0) is 13.8. The molecule has 1 aromatic carbocycles. The van der Waals surface area contributed by atoms with Crippen molar-refractivity contribution in [2.24, 2.45) is 0 Å². The molecule has 0 radical (unpaired) electrons. The van der Waals surface area contributed by atoms with Gasteiger partial charge in [-0.15, -0.1) is 0 Å². The average molecular weight is 338 g/mol. The predicted octanol–water partition coefficient (Wildman–Crippen LogP) is 2.28. The van der Waals surface area contributed by atoms with Crippen LogP contribution in [0.2, 0.25) is 0 Å². The van der Waals surface area contributed by atoms with Gasteiger partial charge < -0.3 is 19.8 Å². The highest BCUT2D eigenvalue weighted by atomic mass is 79.9. The number of H-pyrrole nitrogens is 1. The molecule has 0 saturated heterocycles. The predicted molar refractivity (Wildman–Crippen MR) is 79.1 cm³/mol. The number of rotatable bonds is 5. The first kappa shape index (κ1) is 13.5. The molecule has 0 amide bonds. The Bertz CT molecular complexity index is 572. The summed E-state index contributed by atoms with van der Waals surface area (Å²) in [6.45, 7) is 2.87. The molecule has 1 aromatic heterocycles. The lowest BCUT2D eigenvalue weighted by Crippen LogP contribution is -2.19. The first-order valence-corrected chi connectivity index (χ1v) is 7.39. The molecule has 2 N–H and O–H groups in total. The lowest BCUT2D eigenvalue weighted by atomic mass is 10.2. The SMILES string of the molecule is Brc1cc(CNCCc2ncc[nH]2)cc2c1OCCO2. The maximum atomic E-state index is 5.61. The van der Waals surface area contributed by atoms with Gasteiger partial charge in [0.25, 0.3) is 0 Å². The highest BCUT2D eigenvalue weighted by Crippen LogP contribution is 2.38. The molecule has 0 unspecified atom stereocenters. The number of ether oxygens (including phenoxy) is 2. The van der Waals surface area contributed by atoms with E-state index >= 15 is 0 Å². The number of imidazole rings is 1. The summed E-state index contributed by atoms with van der Waals surface area (Å²) in [6.07, 6.45) is 4.50. The fourth-order valence-corrected chi connectivity index (χ4v) is 2.74. The smallest absolute Gasteiger partial charge is 0.175 e. The fraction of sp³-hybridized carbons (Fsp3) is 0.357. The van der Waals surface area contributed by atoms with E-state index in [4.69, 9.17) is 9.47 Å². The van der Waals surface area contributed by atoms with E-state index in [1.54, 1.807) is 6.20 Å². The molecule has 0 bridgehead atoms. The third-order valence-electron chi connectivity index (χ3n) is 3.08. The Balaban J connectivity index is 1.56. The van der Waals surface area contributed by atoms with Crippen molar-refractivity contribution in [3.8, 4) is 11.5 Å². The van der Waals surface area contributed by atoms with E-state index < -0.39 is 0 Å². The van der Waals surface area contributed by atoms with Gasteiger partial charge in [-0.05, 0) is 33.6 Å². The van der Waals surface area contributed by atoms with Gasteiger partial charge in [-0.3, -0.25) is 0 Å². The highest BCUT2D eigenvalue weighted by Gasteiger charge is 2.16. The maximum Gasteiger partial charge on any atom is 0.175 e. The van der Waals surface area contributed by atoms with E-state index in [1.807, 2.05) is 12.3 Å². The molecule has 5 nitrogen and oxygen atoms in total. The van der Waals surface area contributed by atoms with Crippen molar-refractivity contribution in [1.29, 1.82) is 0 Å². The van der Waals surface area contributed by atoms with E-state index in [9.17, 15) is 0 Å². The Labute approximate surface area is 125 Å². The van der Waals surface area contributed by atoms with Crippen molar-refractivity contribution in [1.82, 2.24) is 15.3 Å². The third kappa shape index (κ3) is 3.13. The summed E-state index contributed by atoms with van der Waals surface area (Å²) >= 11 is 3.53. The molecule has 0 aliphatic carbocycles. The van der Waals surface area contributed by atoms with Gasteiger partial charge in [-0.1, -0.05) is 0 Å². The summed E-state index contributed by atoms with van der Waals surface area (Å²) in [7, 11) is 0. The summed E-state index contributed by atoms with van der Waals surface area (Å²) in [5.74, 6) is 2.62. The van der Waals surface area contributed by atoms with E-state index in [-0.39, 0.29) is 0 Å². The second-order valence-electron chi connectivity index (χ2n) is 4.56. The van der Waals surface area contributed by atoms with Crippen LogP contribution >= 0.6 is 15.9 Å². The first-order chi connectivity index (χ1) is 9.83. The zero-order valence-electron chi connectivity index (χ0n) is 11.0. The van der Waals surface area contributed by atoms with Crippen LogP contribution in [0.25, 0.3) is 0 Å². The van der Waals surface area contributed by atoms with Gasteiger partial charge in [0.05, 0.1) is 4.47 Å². The number of hydrogen-bond acceptors (Lipinski definition) is 4. The van der Waals surface area contributed by atoms with E-state index in [1.165, 1.54) is 5.56 Å². The van der Waals surface area contributed by atoms with Crippen LogP contribution in [0.15, 0.2) is 29.0 Å². The third-order valence-corrected chi connectivity index (χ3v) is 3.67. The number of benzene rings is 1. The van der Waals surface area contributed by atoms with Crippen LogP contribution < -0.4 is 14.8 Å². The standard InChI is InChI=1S/C14H16BrN3O2/c15-11-7-10(8-12-14(11)20-6-5-19-12)9-16-2-1-13-17-3-4-18-13/h3-4,7-8,16H,1-2,5-6,9H2,(H,17,18). The van der Waals surface area contributed by atoms with Crippen molar-refractivity contribution in [3.63, 3.8) is 0 Å². The van der Waals surface area contributed by atoms with Crippen molar-refractivity contribution in [3.05, 3.63) is 40.4 Å². The molecule has 3 rings (SSSR count). The van der Waals surface area contributed by atoms with Crippen LogP contribution in [0.4, 0.5) is 0 Å². The molecular weight excluding hydrogens is 322 g/mol. The number of halogens is 1. The van der Waals surface area contributed by atoms with Gasteiger partial charge >= 0.3 is 0 Å². The minimum atomic E-state index is 0.604. The van der Waals surface area contributed by atoms with Gasteiger partial charge in [0.2, 0.25) is 0 Å². The van der Waals surface area contributed by atoms with Crippen LogP contribution in [0.5, 0.6) is 11.5 Å². The summed E-state index contributed by atoms with van der Waals surface area (Å²) < 4.78 is 12.1. The van der Waals surface area contributed by atoms with Gasteiger partial charge in [0.1, 0.15) is 19.0 Å². The Morgan fingerprint density at radius 1 is 1.30 bits per heavy atom. The maximum absolute atomic E-state index is 5.61. The van der Waals surface area contributed by atoms with Crippen molar-refractivity contribution in [2.45, 2.75) is 13.0 Å². The second-order valence-corrected chi connectivity index (χ2v) is 5.42. The lowest BCUT2D eigenvalue weighted by Gasteiger charge is -2.20. The van der Waals surface area contributed by atoms with Crippen molar-refractivity contribution < 1.29 is 9.47 Å². The van der Waals surface area contributed by atoms with E-state index in [2.05, 4.69) is 37.3 Å². The number of aromatic amines is 1. The zero-order valence-corrected chi connectivity index (χ0v) is 12.6. The van der Waals surface area contributed by atoms with Gasteiger partial charge in [0, 0.05) is 31.9 Å². The molecule has 0 fully saturated rings. The molecule has 6 heteroatoms. The monoisotopic (exact) mass is 337 g/mol. The van der Waals surface area contributed by atoms with Crippen molar-refractivity contribution in [2.75, 3.05) is 19.8 Å². The topological polar surface area (TPSA) is 59.2 Å². The number of aromatic nitrogens is 2. The Kier molecular flexibility index (Phi) is 4.22. The van der Waals surface area contributed by atoms with Gasteiger partial charge in [-0.25, -0.2) is 4.98 Å². The van der Waals surface area contributed by atoms with Gasteiger partial charge in [-0.2, -0.15) is 0 Å². The highest BCUT2D eigenvalue weighted by molar-refractivity contribution is 9.10. The van der Waals surface area contributed by atoms with E-state index in [0.717, 1.165) is 41.3 Å². The van der Waals surface area contributed by atoms with Crippen LogP contribution in [-0.4, -0.2) is 29.7 Å². The van der Waals surface area contributed by atoms with E-state index in [0.29, 0.717) is 13.2 Å². The second kappa shape index (κ2) is 6.28. The first-order valence-electron chi connectivity index (χ1n) is 6.60. The minimum Gasteiger partial charge on any atom is -0.486 e. The molecule has 0 atom stereocenters. The summed E-state index contributed by atoms with van der Waals surface area (Å²) in [6, 6.07) is 4.09. The molecule has 1 aliphatic heterocycles. The largest absolute Gasteiger partial charge is 0.486 e. The van der Waals surface area contributed by atoms with Crippen LogP contribution in [0.3, 0.4) is 0 Å². The molecule has 0 spiro atoms. The molecule has 1 aliphatic rings. The lowest BCUT2D eigenvalue weighted by molar-refractivity contribution is 0.170. The quantitative estimate of drug-likeness (QED) is 0.822. The van der Waals surface area contributed by atoms with Gasteiger partial charge in [0.15, 0.2) is 11.5 Å². The van der Waals surface area contributed by atoms with Crippen molar-refractivity contribution >= 4 is 15.9 Å². The molecule has 2 heterocycles. The molecule has 106 valence electrons. The molecule has 0 saturated carbocycles. The Morgan fingerprint density at radius 2 is 2.20 bits per heavy atom. The number of nitrogens with zero attached hydrogens (tertiary/aromatic N) is 1. The number of hydrogen-bond donors (Lipinski definition) is 2. The van der Waals surface area contributed by atoms with Crippen LogP contribution in [0.1, 0.15) is 11.4 Å². The molecule has 2 aromatic rings. The number of nitrogens with one attached hydrogen (secondary N) is 2.